The first-order valence-electron chi connectivity index (χ1n) is 10.3. The number of hydrogen-bond acceptors (Lipinski definition) is 4. The molecule has 0 bridgehead atoms. The lowest BCUT2D eigenvalue weighted by molar-refractivity contribution is 0.198. The Balaban J connectivity index is 1.35. The van der Waals surface area contributed by atoms with E-state index in [-0.39, 0.29) is 0 Å². The molecule has 0 radical (unpaired) electrons. The lowest BCUT2D eigenvalue weighted by Gasteiger charge is -2.32. The minimum Gasteiger partial charge on any atom is -0.361 e. The summed E-state index contributed by atoms with van der Waals surface area (Å²) >= 11 is 0. The summed E-state index contributed by atoms with van der Waals surface area (Å²) in [6, 6.07) is 10.9. The zero-order valence-corrected chi connectivity index (χ0v) is 16.9. The smallest absolute Gasteiger partial charge is 0.156 e. The third-order valence-corrected chi connectivity index (χ3v) is 5.75. The third-order valence-electron chi connectivity index (χ3n) is 5.75. The van der Waals surface area contributed by atoms with Crippen molar-refractivity contribution in [2.45, 2.75) is 39.2 Å². The fourth-order valence-corrected chi connectivity index (χ4v) is 4.36. The van der Waals surface area contributed by atoms with Gasteiger partial charge in [0.2, 0.25) is 0 Å². The zero-order chi connectivity index (χ0) is 19.8. The number of imidazole rings is 1. The van der Waals surface area contributed by atoms with Gasteiger partial charge in [-0.2, -0.15) is 0 Å². The van der Waals surface area contributed by atoms with E-state index in [1.54, 1.807) is 0 Å². The molecule has 6 nitrogen and oxygen atoms in total. The van der Waals surface area contributed by atoms with Crippen LogP contribution in [0, 0.1) is 13.8 Å². The minimum atomic E-state index is 0.425. The molecule has 0 aliphatic carbocycles. The lowest BCUT2D eigenvalue weighted by Crippen LogP contribution is -2.34. The van der Waals surface area contributed by atoms with Gasteiger partial charge in [0.05, 0.1) is 0 Å². The van der Waals surface area contributed by atoms with Crippen LogP contribution in [0.2, 0.25) is 0 Å². The number of H-pyrrole nitrogens is 2. The number of benzene rings is 1. The number of nitrogens with zero attached hydrogens (tertiary/aromatic N) is 4. The van der Waals surface area contributed by atoms with Gasteiger partial charge >= 0.3 is 0 Å². The van der Waals surface area contributed by atoms with Gasteiger partial charge in [-0.15, -0.1) is 0 Å². The van der Waals surface area contributed by atoms with Crippen LogP contribution in [0.1, 0.15) is 41.5 Å². The van der Waals surface area contributed by atoms with Gasteiger partial charge < -0.3 is 9.97 Å². The van der Waals surface area contributed by atoms with E-state index in [0.717, 1.165) is 48.4 Å². The molecular weight excluding hydrogens is 360 g/mol. The zero-order valence-electron chi connectivity index (χ0n) is 16.9. The van der Waals surface area contributed by atoms with E-state index < -0.39 is 0 Å². The van der Waals surface area contributed by atoms with Crippen LogP contribution in [0.15, 0.2) is 42.7 Å². The van der Waals surface area contributed by atoms with Crippen LogP contribution in [0.5, 0.6) is 0 Å². The van der Waals surface area contributed by atoms with E-state index in [0.29, 0.717) is 5.92 Å². The van der Waals surface area contributed by atoms with Crippen molar-refractivity contribution in [3.8, 4) is 11.5 Å². The molecule has 1 aliphatic rings. The number of aromatic amines is 2. The van der Waals surface area contributed by atoms with Gasteiger partial charge in [0.1, 0.15) is 11.5 Å². The monoisotopic (exact) mass is 386 g/mol. The molecule has 0 saturated carbocycles. The molecule has 29 heavy (non-hydrogen) atoms. The normalized spacial score (nSPS) is 17.8. The Bertz CT molecular complexity index is 1140. The molecule has 4 heterocycles. The highest BCUT2D eigenvalue weighted by Crippen LogP contribution is 2.29. The summed E-state index contributed by atoms with van der Waals surface area (Å²) in [5.74, 6) is 2.05. The molecule has 1 unspecified atom stereocenters. The van der Waals surface area contributed by atoms with Gasteiger partial charge in [-0.3, -0.25) is 4.90 Å². The number of rotatable bonds is 4. The number of likely N-dealkylation sites (tertiary alicyclic amines) is 1. The average molecular weight is 387 g/mol. The molecule has 2 N–H and O–H groups in total. The van der Waals surface area contributed by atoms with E-state index in [2.05, 4.69) is 55.2 Å². The predicted octanol–water partition coefficient (Wildman–Crippen LogP) is 4.34. The molecule has 5 rings (SSSR count). The Morgan fingerprint density at radius 2 is 2.07 bits per heavy atom. The number of aromatic nitrogens is 5. The van der Waals surface area contributed by atoms with E-state index in [4.69, 9.17) is 4.98 Å². The summed E-state index contributed by atoms with van der Waals surface area (Å²) < 4.78 is 0. The fraction of sp³-hybridized carbons (Fsp3) is 0.348. The maximum absolute atomic E-state index is 4.78. The summed E-state index contributed by atoms with van der Waals surface area (Å²) in [5.41, 5.74) is 5.62. The Morgan fingerprint density at radius 3 is 2.93 bits per heavy atom. The predicted molar refractivity (Wildman–Crippen MR) is 115 cm³/mol. The maximum Gasteiger partial charge on any atom is 0.156 e. The van der Waals surface area contributed by atoms with Crippen LogP contribution in [0.25, 0.3) is 22.4 Å². The Hall–Kier alpha value is -2.99. The number of aryl methyl sites for hydroxylation is 2. The average Bonchev–Trinajstić information content (AvgIpc) is 3.36. The van der Waals surface area contributed by atoms with Gasteiger partial charge in [-0.25, -0.2) is 15.0 Å². The first kappa shape index (κ1) is 18.1. The van der Waals surface area contributed by atoms with Crippen molar-refractivity contribution in [1.82, 2.24) is 29.8 Å². The van der Waals surface area contributed by atoms with Crippen molar-refractivity contribution in [3.63, 3.8) is 0 Å². The summed E-state index contributed by atoms with van der Waals surface area (Å²) in [6.45, 7) is 7.10. The molecular formula is C23H26N6. The van der Waals surface area contributed by atoms with Gasteiger partial charge in [0.15, 0.2) is 5.82 Å². The fourth-order valence-electron chi connectivity index (χ4n) is 4.36. The summed E-state index contributed by atoms with van der Waals surface area (Å²) in [5, 5.41) is 1.27. The quantitative estimate of drug-likeness (QED) is 0.547. The van der Waals surface area contributed by atoms with Crippen molar-refractivity contribution in [3.05, 3.63) is 65.5 Å². The second-order valence-electron chi connectivity index (χ2n) is 8.11. The van der Waals surface area contributed by atoms with Crippen LogP contribution in [0.4, 0.5) is 0 Å². The number of nitrogens with one attached hydrogen (secondary N) is 2. The van der Waals surface area contributed by atoms with E-state index in [1.807, 2.05) is 26.2 Å². The second kappa shape index (κ2) is 7.44. The molecule has 4 aromatic rings. The number of fused-ring (bicyclic) bond motifs is 1. The van der Waals surface area contributed by atoms with Crippen molar-refractivity contribution in [2.75, 3.05) is 13.1 Å². The van der Waals surface area contributed by atoms with Crippen molar-refractivity contribution >= 4 is 10.9 Å². The highest BCUT2D eigenvalue weighted by molar-refractivity contribution is 5.79. The van der Waals surface area contributed by atoms with Gasteiger partial charge in [-0.05, 0) is 62.4 Å². The van der Waals surface area contributed by atoms with E-state index in [9.17, 15) is 0 Å². The number of hydrogen-bond donors (Lipinski definition) is 2. The Labute approximate surface area is 170 Å². The standard InChI is InChI=1S/C23H26N6/c1-15-12-25-23(26-15)22-11-21(27-16(2)28-22)19-4-3-9-29(14-19)13-17-5-6-18-7-8-24-20(18)10-17/h5-8,10-12,19,24H,3-4,9,13-14H2,1-2H3,(H,25,26). The van der Waals surface area contributed by atoms with Gasteiger partial charge in [-0.1, -0.05) is 12.1 Å². The highest BCUT2D eigenvalue weighted by atomic mass is 15.1. The molecule has 1 aliphatic heterocycles. The SMILES string of the molecule is Cc1nc(-c2ncc(C)[nH]2)cc(C2CCCN(Cc3ccc4cc[nH]c4c3)C2)n1. The van der Waals surface area contributed by atoms with E-state index in [1.165, 1.54) is 29.3 Å². The molecule has 0 amide bonds. The van der Waals surface area contributed by atoms with E-state index >= 15 is 0 Å². The second-order valence-corrected chi connectivity index (χ2v) is 8.11. The first-order chi connectivity index (χ1) is 14.1. The van der Waals surface area contributed by atoms with Crippen LogP contribution < -0.4 is 0 Å². The number of piperidine rings is 1. The molecule has 1 fully saturated rings. The third kappa shape index (κ3) is 3.80. The van der Waals surface area contributed by atoms with Crippen molar-refractivity contribution in [1.29, 1.82) is 0 Å². The molecule has 1 aromatic carbocycles. The lowest BCUT2D eigenvalue weighted by atomic mass is 9.93. The minimum absolute atomic E-state index is 0.425. The van der Waals surface area contributed by atoms with Crippen LogP contribution in [-0.2, 0) is 6.54 Å². The van der Waals surface area contributed by atoms with Gasteiger partial charge in [0.25, 0.3) is 0 Å². The van der Waals surface area contributed by atoms with Gasteiger partial charge in [0, 0.05) is 48.3 Å². The maximum atomic E-state index is 4.78. The Kier molecular flexibility index (Phi) is 4.64. The highest BCUT2D eigenvalue weighted by Gasteiger charge is 2.24. The molecule has 148 valence electrons. The summed E-state index contributed by atoms with van der Waals surface area (Å²) in [7, 11) is 0. The first-order valence-corrected chi connectivity index (χ1v) is 10.3. The Morgan fingerprint density at radius 1 is 1.14 bits per heavy atom. The molecule has 6 heteroatoms. The summed E-state index contributed by atoms with van der Waals surface area (Å²) in [6.07, 6.45) is 6.20. The largest absolute Gasteiger partial charge is 0.361 e. The van der Waals surface area contributed by atoms with Crippen LogP contribution in [0.3, 0.4) is 0 Å². The van der Waals surface area contributed by atoms with Crippen molar-refractivity contribution < 1.29 is 0 Å². The van der Waals surface area contributed by atoms with Crippen LogP contribution >= 0.6 is 0 Å². The topological polar surface area (TPSA) is 73.5 Å². The molecule has 1 atom stereocenters. The van der Waals surface area contributed by atoms with Crippen molar-refractivity contribution in [2.24, 2.45) is 0 Å². The molecule has 0 spiro atoms. The van der Waals surface area contributed by atoms with Crippen LogP contribution in [-0.4, -0.2) is 42.9 Å². The molecule has 1 saturated heterocycles. The summed E-state index contributed by atoms with van der Waals surface area (Å²) in [4.78, 5) is 23.0. The molecule has 3 aromatic heterocycles.